The summed E-state index contributed by atoms with van der Waals surface area (Å²) in [4.78, 5) is 26.5. The molecule has 0 bridgehead atoms. The normalized spacial score (nSPS) is 14.7. The van der Waals surface area contributed by atoms with E-state index in [4.69, 9.17) is 5.73 Å². The highest BCUT2D eigenvalue weighted by molar-refractivity contribution is 9.10. The van der Waals surface area contributed by atoms with Gasteiger partial charge in [-0.3, -0.25) is 9.78 Å². The number of carbonyl (C=O) groups is 2. The number of carbonyl (C=O) groups excluding carboxylic acids is 2. The highest BCUT2D eigenvalue weighted by Crippen LogP contribution is 2.24. The second kappa shape index (κ2) is 9.87. The summed E-state index contributed by atoms with van der Waals surface area (Å²) in [6.45, 7) is 5.28. The van der Waals surface area contributed by atoms with Crippen LogP contribution in [-0.2, 0) is 4.74 Å². The fraction of sp³-hybridized carbons (Fsp3) is 0.476. The van der Waals surface area contributed by atoms with Gasteiger partial charge in [-0.2, -0.15) is 0 Å². The lowest BCUT2D eigenvalue weighted by Crippen LogP contribution is -2.36. The van der Waals surface area contributed by atoms with Crippen molar-refractivity contribution < 1.29 is 14.3 Å². The van der Waals surface area contributed by atoms with Gasteiger partial charge in [-0.15, -0.1) is 0 Å². The van der Waals surface area contributed by atoms with Crippen molar-refractivity contribution in [3.8, 4) is 0 Å². The van der Waals surface area contributed by atoms with Gasteiger partial charge in [-0.25, -0.2) is 4.79 Å². The lowest BCUT2D eigenvalue weighted by Gasteiger charge is -2.22. The molecule has 28 heavy (non-hydrogen) atoms. The molecule has 0 radical (unpaired) electrons. The molecule has 1 saturated carbocycles. The Morgan fingerprint density at radius 2 is 1.86 bits per heavy atom. The third-order valence-electron chi connectivity index (χ3n) is 4.32. The average molecular weight is 450 g/mol. The summed E-state index contributed by atoms with van der Waals surface area (Å²) in [5.41, 5.74) is 4.98. The van der Waals surface area contributed by atoms with Crippen LogP contribution in [0.2, 0.25) is 0 Å². The maximum atomic E-state index is 12.3. The molecular formula is C21H28BrN3O3. The molecule has 0 spiro atoms. The van der Waals surface area contributed by atoms with Crippen LogP contribution in [0.3, 0.4) is 0 Å². The molecule has 3 N–H and O–H groups in total. The Morgan fingerprint density at radius 1 is 1.18 bits per heavy atom. The first-order valence-corrected chi connectivity index (χ1v) is 10.3. The molecule has 0 unspecified atom stereocenters. The molecule has 0 aliphatic heterocycles. The second-order valence-electron chi connectivity index (χ2n) is 7.90. The van der Waals surface area contributed by atoms with E-state index in [1.165, 1.54) is 19.3 Å². The van der Waals surface area contributed by atoms with Crippen LogP contribution in [0.1, 0.15) is 63.2 Å². The number of fused-ring (bicyclic) bond motifs is 1. The van der Waals surface area contributed by atoms with Crippen LogP contribution in [0.4, 0.5) is 4.79 Å². The van der Waals surface area contributed by atoms with E-state index < -0.39 is 11.7 Å². The molecule has 1 aliphatic rings. The molecule has 0 atom stereocenters. The van der Waals surface area contributed by atoms with Crippen molar-refractivity contribution in [2.75, 3.05) is 0 Å². The molecule has 1 fully saturated rings. The van der Waals surface area contributed by atoms with E-state index in [1.54, 1.807) is 27.0 Å². The predicted octanol–water partition coefficient (Wildman–Crippen LogP) is 4.94. The zero-order valence-electron chi connectivity index (χ0n) is 16.6. The minimum Gasteiger partial charge on any atom is -0.444 e. The van der Waals surface area contributed by atoms with E-state index in [2.05, 4.69) is 31.0 Å². The van der Waals surface area contributed by atoms with Crippen molar-refractivity contribution in [3.05, 3.63) is 40.6 Å². The van der Waals surface area contributed by atoms with Gasteiger partial charge in [-0.1, -0.05) is 25.3 Å². The molecule has 152 valence electrons. The standard InChI is InChI=1S/C16H17BrN2O.C5H11NO2/c17-15-10-18-9-12-7-6-11(8-14(12)15)16(20)19-13-4-2-1-3-5-13;1-5(2,3)8-4(6)7/h6-10,13H,1-5H2,(H,19,20);1-3H3,(H2,6,7). The molecule has 2 amide bonds. The number of nitrogens with zero attached hydrogens (tertiary/aromatic N) is 1. The Bertz CT molecular complexity index is 827. The predicted molar refractivity (Wildman–Crippen MR) is 114 cm³/mol. The van der Waals surface area contributed by atoms with Crippen LogP contribution >= 0.6 is 15.9 Å². The number of hydrogen-bond donors (Lipinski definition) is 2. The van der Waals surface area contributed by atoms with Gasteiger partial charge in [0.05, 0.1) is 0 Å². The number of nitrogens with one attached hydrogen (secondary N) is 1. The van der Waals surface area contributed by atoms with Crippen LogP contribution in [-0.4, -0.2) is 28.6 Å². The Morgan fingerprint density at radius 3 is 2.43 bits per heavy atom. The van der Waals surface area contributed by atoms with E-state index in [1.807, 2.05) is 24.4 Å². The first-order chi connectivity index (χ1) is 13.2. The summed E-state index contributed by atoms with van der Waals surface area (Å²) >= 11 is 3.48. The summed E-state index contributed by atoms with van der Waals surface area (Å²) in [7, 11) is 0. The van der Waals surface area contributed by atoms with Crippen molar-refractivity contribution >= 4 is 38.7 Å². The fourth-order valence-corrected chi connectivity index (χ4v) is 3.55. The van der Waals surface area contributed by atoms with Gasteiger partial charge < -0.3 is 15.8 Å². The van der Waals surface area contributed by atoms with Crippen LogP contribution in [0.15, 0.2) is 35.1 Å². The second-order valence-corrected chi connectivity index (χ2v) is 8.75. The average Bonchev–Trinajstić information content (AvgIpc) is 2.61. The number of amides is 2. The number of pyridine rings is 1. The van der Waals surface area contributed by atoms with Gasteiger partial charge in [0, 0.05) is 33.9 Å². The van der Waals surface area contributed by atoms with Gasteiger partial charge in [0.15, 0.2) is 0 Å². The molecule has 1 aliphatic carbocycles. The summed E-state index contributed by atoms with van der Waals surface area (Å²) in [6.07, 6.45) is 8.79. The van der Waals surface area contributed by atoms with Crippen molar-refractivity contribution in [3.63, 3.8) is 0 Å². The first kappa shape index (κ1) is 22.1. The minimum absolute atomic E-state index is 0.0301. The van der Waals surface area contributed by atoms with Crippen LogP contribution < -0.4 is 11.1 Å². The number of hydrogen-bond acceptors (Lipinski definition) is 4. The molecule has 7 heteroatoms. The number of benzene rings is 1. The number of ether oxygens (including phenoxy) is 1. The molecular weight excluding hydrogens is 422 g/mol. The van der Waals surface area contributed by atoms with Crippen LogP contribution in [0.25, 0.3) is 10.8 Å². The molecule has 2 aromatic rings. The Balaban J connectivity index is 0.000000300. The summed E-state index contributed by atoms with van der Waals surface area (Å²) in [5.74, 6) is 0.0301. The van der Waals surface area contributed by atoms with E-state index in [0.717, 1.165) is 33.7 Å². The minimum atomic E-state index is -0.725. The Kier molecular flexibility index (Phi) is 7.80. The van der Waals surface area contributed by atoms with E-state index in [9.17, 15) is 9.59 Å². The maximum Gasteiger partial charge on any atom is 0.405 e. The number of primary amides is 1. The van der Waals surface area contributed by atoms with Gasteiger partial charge in [-0.05, 0) is 67.1 Å². The van der Waals surface area contributed by atoms with Gasteiger partial charge in [0.25, 0.3) is 5.91 Å². The third-order valence-corrected chi connectivity index (χ3v) is 4.95. The molecule has 3 rings (SSSR count). The van der Waals surface area contributed by atoms with E-state index >= 15 is 0 Å². The topological polar surface area (TPSA) is 94.3 Å². The van der Waals surface area contributed by atoms with Gasteiger partial charge in [0.1, 0.15) is 5.60 Å². The van der Waals surface area contributed by atoms with Crippen molar-refractivity contribution in [2.24, 2.45) is 5.73 Å². The number of aromatic nitrogens is 1. The first-order valence-electron chi connectivity index (χ1n) is 9.48. The van der Waals surface area contributed by atoms with E-state index in [0.29, 0.717) is 6.04 Å². The van der Waals surface area contributed by atoms with Crippen LogP contribution in [0, 0.1) is 0 Å². The lowest BCUT2D eigenvalue weighted by molar-refractivity contribution is 0.0599. The smallest absolute Gasteiger partial charge is 0.405 e. The van der Waals surface area contributed by atoms with Gasteiger partial charge in [0.2, 0.25) is 0 Å². The number of halogens is 1. The van der Waals surface area contributed by atoms with Crippen LogP contribution in [0.5, 0.6) is 0 Å². The van der Waals surface area contributed by atoms with Crippen molar-refractivity contribution in [1.29, 1.82) is 0 Å². The zero-order valence-corrected chi connectivity index (χ0v) is 18.2. The van der Waals surface area contributed by atoms with Crippen molar-refractivity contribution in [1.82, 2.24) is 10.3 Å². The lowest BCUT2D eigenvalue weighted by atomic mass is 9.95. The Labute approximate surface area is 174 Å². The summed E-state index contributed by atoms with van der Waals surface area (Å²) in [5, 5.41) is 5.21. The SMILES string of the molecule is CC(C)(C)OC(N)=O.O=C(NC1CCCCC1)c1ccc2cncc(Br)c2c1. The molecule has 0 saturated heterocycles. The zero-order chi connectivity index (χ0) is 20.7. The van der Waals surface area contributed by atoms with Crippen molar-refractivity contribution in [2.45, 2.75) is 64.5 Å². The van der Waals surface area contributed by atoms with E-state index in [-0.39, 0.29) is 5.91 Å². The Hall–Kier alpha value is -2.15. The number of nitrogens with two attached hydrogens (primary N) is 1. The largest absolute Gasteiger partial charge is 0.444 e. The fourth-order valence-electron chi connectivity index (χ4n) is 3.09. The monoisotopic (exact) mass is 449 g/mol. The number of rotatable bonds is 2. The van der Waals surface area contributed by atoms with Gasteiger partial charge >= 0.3 is 6.09 Å². The summed E-state index contributed by atoms with van der Waals surface area (Å²) in [6, 6.07) is 6.09. The molecule has 1 aromatic heterocycles. The highest BCUT2D eigenvalue weighted by Gasteiger charge is 2.17. The molecule has 6 nitrogen and oxygen atoms in total. The quantitative estimate of drug-likeness (QED) is 0.678. The molecule has 1 heterocycles. The highest BCUT2D eigenvalue weighted by atomic mass is 79.9. The molecule has 1 aromatic carbocycles. The maximum absolute atomic E-state index is 12.3. The third kappa shape index (κ3) is 7.11. The summed E-state index contributed by atoms with van der Waals surface area (Å²) < 4.78 is 5.50.